The molecule has 0 spiro atoms. The van der Waals surface area contributed by atoms with Crippen molar-refractivity contribution in [1.82, 2.24) is 0 Å². The van der Waals surface area contributed by atoms with Gasteiger partial charge in [-0.25, -0.2) is 0 Å². The Morgan fingerprint density at radius 2 is 0.548 bits per heavy atom. The van der Waals surface area contributed by atoms with Crippen LogP contribution in [0, 0.1) is 0 Å². The molecule has 0 saturated carbocycles. The molecule has 0 amide bonds. The van der Waals surface area contributed by atoms with Gasteiger partial charge in [-0.05, 0) is 83.5 Å². The van der Waals surface area contributed by atoms with E-state index in [4.69, 9.17) is 14.2 Å². The van der Waals surface area contributed by atoms with Crippen LogP contribution in [0.1, 0.15) is 316 Å². The lowest BCUT2D eigenvalue weighted by Gasteiger charge is -2.18. The molecule has 0 heterocycles. The normalized spacial score (nSPS) is 12.5. The Morgan fingerprint density at radius 3 is 0.890 bits per heavy atom. The van der Waals surface area contributed by atoms with E-state index in [1.807, 2.05) is 0 Å². The van der Waals surface area contributed by atoms with Gasteiger partial charge < -0.3 is 14.2 Å². The average Bonchev–Trinajstić information content (AvgIpc) is 3.39. The summed E-state index contributed by atoms with van der Waals surface area (Å²) in [6, 6.07) is 0. The molecule has 0 N–H and O–H groups in total. The third kappa shape index (κ3) is 59.6. The van der Waals surface area contributed by atoms with Gasteiger partial charge >= 0.3 is 17.9 Å². The molecule has 0 bridgehead atoms. The van der Waals surface area contributed by atoms with Gasteiger partial charge in [0, 0.05) is 19.3 Å². The zero-order valence-electron chi connectivity index (χ0n) is 48.4. The van der Waals surface area contributed by atoms with Gasteiger partial charge in [0.25, 0.3) is 0 Å². The molecule has 0 aromatic heterocycles. The van der Waals surface area contributed by atoms with Crippen LogP contribution in [0.4, 0.5) is 0 Å². The lowest BCUT2D eigenvalue weighted by Crippen LogP contribution is -2.30. The van der Waals surface area contributed by atoms with Crippen LogP contribution in [0.3, 0.4) is 0 Å². The highest BCUT2D eigenvalue weighted by Crippen LogP contribution is 2.17. The van der Waals surface area contributed by atoms with E-state index in [1.54, 1.807) is 0 Å². The van der Waals surface area contributed by atoms with Crippen LogP contribution in [0.15, 0.2) is 72.9 Å². The van der Waals surface area contributed by atoms with Crippen molar-refractivity contribution in [2.45, 2.75) is 322 Å². The summed E-state index contributed by atoms with van der Waals surface area (Å²) in [5.74, 6) is -0.951. The summed E-state index contributed by atoms with van der Waals surface area (Å²) < 4.78 is 16.7. The number of carbonyl (C=O) groups excluding carboxylic acids is 3. The molecule has 0 rings (SSSR count). The summed E-state index contributed by atoms with van der Waals surface area (Å²) >= 11 is 0. The van der Waals surface area contributed by atoms with Crippen molar-refractivity contribution in [3.63, 3.8) is 0 Å². The maximum absolute atomic E-state index is 12.8. The summed E-state index contributed by atoms with van der Waals surface area (Å²) in [4.78, 5) is 38.0. The van der Waals surface area contributed by atoms with Crippen molar-refractivity contribution in [1.29, 1.82) is 0 Å². The summed E-state index contributed by atoms with van der Waals surface area (Å²) in [6.45, 7) is 6.46. The molecule has 0 fully saturated rings. The van der Waals surface area contributed by atoms with E-state index >= 15 is 0 Å². The molecule has 0 aliphatic rings. The smallest absolute Gasteiger partial charge is 0.306 e. The molecule has 0 aromatic carbocycles. The Balaban J connectivity index is 4.07. The van der Waals surface area contributed by atoms with Crippen molar-refractivity contribution < 1.29 is 28.6 Å². The Labute approximate surface area is 453 Å². The van der Waals surface area contributed by atoms with Gasteiger partial charge in [0.05, 0.1) is 0 Å². The molecule has 0 radical (unpaired) electrons. The molecule has 0 aliphatic carbocycles. The van der Waals surface area contributed by atoms with Crippen molar-refractivity contribution in [3.05, 3.63) is 72.9 Å². The van der Waals surface area contributed by atoms with Crippen LogP contribution in [-0.4, -0.2) is 37.2 Å². The van der Waals surface area contributed by atoms with E-state index in [0.29, 0.717) is 19.3 Å². The summed E-state index contributed by atoms with van der Waals surface area (Å²) in [7, 11) is 0. The molecule has 73 heavy (non-hydrogen) atoms. The molecular formula is C67H118O6. The van der Waals surface area contributed by atoms with E-state index in [9.17, 15) is 14.4 Å². The van der Waals surface area contributed by atoms with Gasteiger partial charge in [0.1, 0.15) is 13.2 Å². The summed E-state index contributed by atoms with van der Waals surface area (Å²) in [5.41, 5.74) is 0. The first-order valence-electron chi connectivity index (χ1n) is 31.4. The molecule has 422 valence electrons. The van der Waals surface area contributed by atoms with E-state index in [2.05, 4.69) is 93.7 Å². The fraction of sp³-hybridized carbons (Fsp3) is 0.776. The predicted octanol–water partition coefficient (Wildman–Crippen LogP) is 21.3. The highest BCUT2D eigenvalue weighted by molar-refractivity contribution is 5.71. The quantitative estimate of drug-likeness (QED) is 0.0261. The van der Waals surface area contributed by atoms with Crippen LogP contribution >= 0.6 is 0 Å². The lowest BCUT2D eigenvalue weighted by atomic mass is 10.0. The minimum Gasteiger partial charge on any atom is -0.462 e. The third-order valence-corrected chi connectivity index (χ3v) is 13.7. The van der Waals surface area contributed by atoms with Gasteiger partial charge in [-0.3, -0.25) is 14.4 Å². The van der Waals surface area contributed by atoms with E-state index in [1.165, 1.54) is 193 Å². The Bertz CT molecular complexity index is 1360. The number of hydrogen-bond donors (Lipinski definition) is 0. The number of unbranched alkanes of at least 4 members (excludes halogenated alkanes) is 34. The second-order valence-corrected chi connectivity index (χ2v) is 20.9. The first kappa shape index (κ1) is 69.8. The van der Waals surface area contributed by atoms with Gasteiger partial charge in [0.15, 0.2) is 6.10 Å². The second kappa shape index (κ2) is 61.4. The van der Waals surface area contributed by atoms with Crippen molar-refractivity contribution in [2.75, 3.05) is 13.2 Å². The molecule has 0 saturated heterocycles. The molecule has 0 aliphatic heterocycles. The molecular weight excluding hydrogens is 901 g/mol. The van der Waals surface area contributed by atoms with Crippen molar-refractivity contribution >= 4 is 17.9 Å². The van der Waals surface area contributed by atoms with E-state index in [0.717, 1.165) is 77.0 Å². The van der Waals surface area contributed by atoms with Gasteiger partial charge in [0.2, 0.25) is 0 Å². The van der Waals surface area contributed by atoms with Crippen LogP contribution < -0.4 is 0 Å². The highest BCUT2D eigenvalue weighted by Gasteiger charge is 2.19. The summed E-state index contributed by atoms with van der Waals surface area (Å²) in [5, 5.41) is 0. The van der Waals surface area contributed by atoms with Crippen LogP contribution in [0.5, 0.6) is 0 Å². The van der Waals surface area contributed by atoms with Crippen LogP contribution in [0.2, 0.25) is 0 Å². The number of ether oxygens (including phenoxy) is 3. The maximum Gasteiger partial charge on any atom is 0.306 e. The van der Waals surface area contributed by atoms with Crippen molar-refractivity contribution in [3.8, 4) is 0 Å². The van der Waals surface area contributed by atoms with E-state index < -0.39 is 6.10 Å². The molecule has 6 nitrogen and oxygen atoms in total. The SMILES string of the molecule is CC/C=C\C/C=C\C/C=C\C/C=C\C/C=C\CCCC(=O)OC(COC(=O)CCCCCCCCC)COC(=O)CCCCCCCCCCCCCCCCCCCCC/C=C\CCCCCCCCCC. The third-order valence-electron chi connectivity index (χ3n) is 13.7. The monoisotopic (exact) mass is 1020 g/mol. The Morgan fingerprint density at radius 1 is 0.288 bits per heavy atom. The molecule has 6 heteroatoms. The minimum atomic E-state index is -0.801. The first-order valence-corrected chi connectivity index (χ1v) is 31.4. The van der Waals surface area contributed by atoms with Gasteiger partial charge in [-0.2, -0.15) is 0 Å². The fourth-order valence-electron chi connectivity index (χ4n) is 9.00. The summed E-state index contributed by atoms with van der Waals surface area (Å²) in [6.07, 6.45) is 79.6. The standard InChI is InChI=1S/C67H118O6/c1-4-7-10-13-16-18-20-22-24-26-27-28-29-30-31-32-33-34-35-36-37-38-39-41-42-44-46-48-51-54-57-60-66(69)72-63-64(62-71-65(68)59-56-53-50-15-12-9-6-3)73-67(70)61-58-55-52-49-47-45-43-40-25-23-21-19-17-14-11-8-5-2/h8,11,17,19,23,25-27,43,45,49,52,64H,4-7,9-10,12-16,18,20-22,24,28-42,44,46-48,50-51,53-63H2,1-3H3/b11-8-,19-17-,25-23-,27-26-,45-43-,52-49-. The number of esters is 3. The maximum atomic E-state index is 12.8. The number of carbonyl (C=O) groups is 3. The zero-order valence-corrected chi connectivity index (χ0v) is 48.4. The molecule has 1 unspecified atom stereocenters. The Kier molecular flexibility index (Phi) is 58.7. The predicted molar refractivity (Wildman–Crippen MR) is 316 cm³/mol. The van der Waals surface area contributed by atoms with Gasteiger partial charge in [-0.1, -0.05) is 286 Å². The Hall–Kier alpha value is -3.15. The lowest BCUT2D eigenvalue weighted by molar-refractivity contribution is -0.167. The number of allylic oxidation sites excluding steroid dienone is 12. The van der Waals surface area contributed by atoms with Crippen molar-refractivity contribution in [2.24, 2.45) is 0 Å². The minimum absolute atomic E-state index is 0.0951. The van der Waals surface area contributed by atoms with Gasteiger partial charge in [-0.15, -0.1) is 0 Å². The molecule has 1 atom stereocenters. The zero-order chi connectivity index (χ0) is 52.9. The van der Waals surface area contributed by atoms with E-state index in [-0.39, 0.29) is 37.5 Å². The second-order valence-electron chi connectivity index (χ2n) is 20.9. The van der Waals surface area contributed by atoms with Crippen LogP contribution in [-0.2, 0) is 28.6 Å². The number of hydrogen-bond acceptors (Lipinski definition) is 6. The number of rotatable bonds is 57. The topological polar surface area (TPSA) is 78.9 Å². The highest BCUT2D eigenvalue weighted by atomic mass is 16.6. The largest absolute Gasteiger partial charge is 0.462 e. The average molecular weight is 1020 g/mol. The molecule has 0 aromatic rings. The van der Waals surface area contributed by atoms with Crippen LogP contribution in [0.25, 0.3) is 0 Å². The fourth-order valence-corrected chi connectivity index (χ4v) is 9.00. The first-order chi connectivity index (χ1) is 36.0.